The van der Waals surface area contributed by atoms with Gasteiger partial charge in [-0.1, -0.05) is 0 Å². The molecule has 1 N–H and O–H groups in total. The average molecular weight is 380 g/mol. The highest BCUT2D eigenvalue weighted by Crippen LogP contribution is 2.41. The van der Waals surface area contributed by atoms with Gasteiger partial charge in [0.05, 0.1) is 12.1 Å². The van der Waals surface area contributed by atoms with Crippen molar-refractivity contribution in [1.82, 2.24) is 9.97 Å². The zero-order valence-corrected chi connectivity index (χ0v) is 16.7. The number of aryl methyl sites for hydroxylation is 1. The van der Waals surface area contributed by atoms with Gasteiger partial charge in [-0.25, -0.2) is 9.97 Å². The topological polar surface area (TPSA) is 78.7 Å². The summed E-state index contributed by atoms with van der Waals surface area (Å²) in [5.74, 6) is 3.10. The number of nitrogens with zero attached hydrogens (tertiary/aromatic N) is 4. The molecule has 1 aromatic heterocycles. The average Bonchev–Trinajstić information content (AvgIpc) is 3.40. The van der Waals surface area contributed by atoms with Crippen molar-refractivity contribution in [1.29, 1.82) is 0 Å². The Labute approximate surface area is 165 Å². The highest BCUT2D eigenvalue weighted by molar-refractivity contribution is 6.08. The molecule has 1 aromatic rings. The standard InChI is InChI=1S/C22H28N4O2/c1-13-9-18(25-21(24-13)15-3-4-15)26-7-5-14(6-8-26)20-19-16(12-23-20)10-17(27)11-22(19,2)28/h9,14-15,28H,3-8,10-12H2,1-2H3. The van der Waals surface area contributed by atoms with Gasteiger partial charge in [-0.3, -0.25) is 9.79 Å². The van der Waals surface area contributed by atoms with Crippen LogP contribution in [-0.4, -0.2) is 51.8 Å². The van der Waals surface area contributed by atoms with Crippen LogP contribution in [0, 0.1) is 12.8 Å². The van der Waals surface area contributed by atoms with Crippen LogP contribution >= 0.6 is 0 Å². The number of aliphatic hydroxyl groups is 1. The van der Waals surface area contributed by atoms with Crippen molar-refractivity contribution in [3.63, 3.8) is 0 Å². The first-order chi connectivity index (χ1) is 13.4. The number of anilines is 1. The van der Waals surface area contributed by atoms with Gasteiger partial charge in [-0.05, 0) is 45.1 Å². The molecule has 1 atom stereocenters. The van der Waals surface area contributed by atoms with Crippen LogP contribution in [-0.2, 0) is 4.79 Å². The van der Waals surface area contributed by atoms with Crippen LogP contribution in [0.5, 0.6) is 0 Å². The molecule has 3 heterocycles. The van der Waals surface area contributed by atoms with Crippen LogP contribution in [0.1, 0.15) is 62.9 Å². The molecule has 4 aliphatic rings. The Morgan fingerprint density at radius 2 is 1.89 bits per heavy atom. The second-order valence-corrected chi connectivity index (χ2v) is 9.11. The van der Waals surface area contributed by atoms with Gasteiger partial charge in [0.25, 0.3) is 0 Å². The summed E-state index contributed by atoms with van der Waals surface area (Å²) in [6.07, 6.45) is 5.10. The summed E-state index contributed by atoms with van der Waals surface area (Å²) in [6.45, 7) is 6.29. The number of Topliss-reactive ketones (excluding diaryl/α,β-unsaturated/α-hetero) is 1. The Bertz CT molecular complexity index is 890. The monoisotopic (exact) mass is 380 g/mol. The zero-order valence-electron chi connectivity index (χ0n) is 16.7. The van der Waals surface area contributed by atoms with Crippen molar-refractivity contribution in [2.45, 2.75) is 63.9 Å². The number of rotatable bonds is 3. The smallest absolute Gasteiger partial charge is 0.140 e. The first kappa shape index (κ1) is 18.0. The number of hydrogen-bond acceptors (Lipinski definition) is 6. The fourth-order valence-electron chi connectivity index (χ4n) is 5.07. The third kappa shape index (κ3) is 3.17. The summed E-state index contributed by atoms with van der Waals surface area (Å²) in [6, 6.07) is 2.09. The molecule has 0 amide bonds. The van der Waals surface area contributed by atoms with Crippen molar-refractivity contribution >= 4 is 17.3 Å². The number of piperidine rings is 1. The molecule has 28 heavy (non-hydrogen) atoms. The fraction of sp³-hybridized carbons (Fsp3) is 0.636. The van der Waals surface area contributed by atoms with E-state index in [0.717, 1.165) is 60.1 Å². The molecule has 0 radical (unpaired) electrons. The molecule has 0 bridgehead atoms. The van der Waals surface area contributed by atoms with Gasteiger partial charge in [-0.15, -0.1) is 0 Å². The minimum atomic E-state index is -1.06. The largest absolute Gasteiger partial charge is 0.385 e. The molecule has 5 rings (SSSR count). The van der Waals surface area contributed by atoms with E-state index < -0.39 is 5.60 Å². The molecular weight excluding hydrogens is 352 g/mol. The molecule has 2 aliphatic heterocycles. The summed E-state index contributed by atoms with van der Waals surface area (Å²) in [5.41, 5.74) is 3.07. The molecule has 0 aromatic carbocycles. The quantitative estimate of drug-likeness (QED) is 0.872. The van der Waals surface area contributed by atoms with E-state index in [9.17, 15) is 9.90 Å². The molecule has 148 valence electrons. The van der Waals surface area contributed by atoms with E-state index in [4.69, 9.17) is 9.98 Å². The molecule has 2 aliphatic carbocycles. The van der Waals surface area contributed by atoms with E-state index >= 15 is 0 Å². The van der Waals surface area contributed by atoms with E-state index in [1.165, 1.54) is 12.8 Å². The Kier molecular flexibility index (Phi) is 4.16. The fourth-order valence-corrected chi connectivity index (χ4v) is 5.07. The lowest BCUT2D eigenvalue weighted by molar-refractivity contribution is -0.122. The third-order valence-corrected chi connectivity index (χ3v) is 6.55. The van der Waals surface area contributed by atoms with Gasteiger partial charge < -0.3 is 10.0 Å². The van der Waals surface area contributed by atoms with Crippen molar-refractivity contribution < 1.29 is 9.90 Å². The van der Waals surface area contributed by atoms with Gasteiger partial charge in [0.15, 0.2) is 0 Å². The molecule has 1 saturated heterocycles. The maximum Gasteiger partial charge on any atom is 0.140 e. The molecule has 0 spiro atoms. The minimum Gasteiger partial charge on any atom is -0.385 e. The summed E-state index contributed by atoms with van der Waals surface area (Å²) < 4.78 is 0. The van der Waals surface area contributed by atoms with Crippen LogP contribution in [0.3, 0.4) is 0 Å². The first-order valence-electron chi connectivity index (χ1n) is 10.5. The van der Waals surface area contributed by atoms with E-state index in [1.807, 2.05) is 0 Å². The van der Waals surface area contributed by atoms with Crippen LogP contribution in [0.25, 0.3) is 0 Å². The van der Waals surface area contributed by atoms with Crippen LogP contribution in [0.4, 0.5) is 5.82 Å². The van der Waals surface area contributed by atoms with E-state index in [0.29, 0.717) is 24.8 Å². The van der Waals surface area contributed by atoms with Crippen LogP contribution in [0.15, 0.2) is 22.2 Å². The van der Waals surface area contributed by atoms with Crippen molar-refractivity contribution in [3.8, 4) is 0 Å². The van der Waals surface area contributed by atoms with E-state index in [-0.39, 0.29) is 12.2 Å². The van der Waals surface area contributed by atoms with Gasteiger partial charge >= 0.3 is 0 Å². The van der Waals surface area contributed by atoms with E-state index in [2.05, 4.69) is 22.9 Å². The van der Waals surface area contributed by atoms with Gasteiger partial charge in [-0.2, -0.15) is 0 Å². The Hall–Kier alpha value is -2.08. The van der Waals surface area contributed by atoms with Gasteiger partial charge in [0.1, 0.15) is 17.4 Å². The number of aromatic nitrogens is 2. The summed E-state index contributed by atoms with van der Waals surface area (Å²) in [4.78, 5) is 28.5. The molecule has 1 unspecified atom stereocenters. The number of hydrogen-bond donors (Lipinski definition) is 1. The number of aliphatic imine (C=N–C) groups is 1. The summed E-state index contributed by atoms with van der Waals surface area (Å²) in [7, 11) is 0. The lowest BCUT2D eigenvalue weighted by Crippen LogP contribution is -2.42. The highest BCUT2D eigenvalue weighted by atomic mass is 16.3. The van der Waals surface area contributed by atoms with Gasteiger partial charge in [0.2, 0.25) is 0 Å². The predicted molar refractivity (Wildman–Crippen MR) is 108 cm³/mol. The van der Waals surface area contributed by atoms with Crippen molar-refractivity contribution in [2.24, 2.45) is 10.9 Å². The van der Waals surface area contributed by atoms with Gasteiger partial charge in [0, 0.05) is 60.8 Å². The normalized spacial score (nSPS) is 28.6. The maximum absolute atomic E-state index is 11.9. The Balaban J connectivity index is 1.31. The maximum atomic E-state index is 11.9. The predicted octanol–water partition coefficient (Wildman–Crippen LogP) is 2.74. The zero-order chi connectivity index (χ0) is 19.5. The van der Waals surface area contributed by atoms with Crippen molar-refractivity contribution in [3.05, 3.63) is 28.7 Å². The summed E-state index contributed by atoms with van der Waals surface area (Å²) in [5, 5.41) is 10.9. The molecular formula is C22H28N4O2. The second kappa shape index (κ2) is 6.48. The Morgan fingerprint density at radius 1 is 1.14 bits per heavy atom. The summed E-state index contributed by atoms with van der Waals surface area (Å²) >= 11 is 0. The first-order valence-corrected chi connectivity index (χ1v) is 10.5. The van der Waals surface area contributed by atoms with E-state index in [1.54, 1.807) is 6.92 Å². The molecule has 2 fully saturated rings. The third-order valence-electron chi connectivity index (χ3n) is 6.55. The number of ketones is 1. The molecule has 1 saturated carbocycles. The Morgan fingerprint density at radius 3 is 2.61 bits per heavy atom. The molecule has 6 nitrogen and oxygen atoms in total. The molecule has 6 heteroatoms. The second-order valence-electron chi connectivity index (χ2n) is 9.11. The highest BCUT2D eigenvalue weighted by Gasteiger charge is 2.43. The lowest BCUT2D eigenvalue weighted by Gasteiger charge is -2.37. The van der Waals surface area contributed by atoms with Crippen LogP contribution in [0.2, 0.25) is 0 Å². The number of carbonyl (C=O) groups excluding carboxylic acids is 1. The van der Waals surface area contributed by atoms with Crippen molar-refractivity contribution in [2.75, 3.05) is 24.5 Å². The number of carbonyl (C=O) groups is 1. The van der Waals surface area contributed by atoms with Crippen LogP contribution < -0.4 is 4.90 Å². The SMILES string of the molecule is Cc1cc(N2CCC(C3=NCC4=C3C(C)(O)CC(=O)C4)CC2)nc(C2CC2)n1. The lowest BCUT2D eigenvalue weighted by atomic mass is 9.74. The minimum absolute atomic E-state index is 0.126.